The summed E-state index contributed by atoms with van der Waals surface area (Å²) in [6, 6.07) is 10.3. The first kappa shape index (κ1) is 47.1. The maximum atomic E-state index is 12.8. The van der Waals surface area contributed by atoms with Crippen LogP contribution in [0.15, 0.2) is 53.6 Å². The molecule has 0 N–H and O–H groups in total. The minimum atomic E-state index is -2.12. The molecule has 0 aromatic heterocycles. The number of carbonyl (C=O) groups excluding carboxylic acids is 1. The first-order valence-electron chi connectivity index (χ1n) is 21.9. The number of allylic oxidation sites excluding steroid dienone is 1. The largest absolute Gasteiger partial charge is 0.458 e. The molecule has 1 aromatic rings. The molecule has 1 saturated heterocycles. The zero-order valence-electron chi connectivity index (χ0n) is 38.7. The summed E-state index contributed by atoms with van der Waals surface area (Å²) in [5, 5.41) is 0.304. The molecule has 0 unspecified atom stereocenters. The Morgan fingerprint density at radius 2 is 1.61 bits per heavy atom. The second kappa shape index (κ2) is 18.0. The van der Waals surface area contributed by atoms with Crippen LogP contribution in [0, 0.1) is 22.7 Å². The zero-order valence-corrected chi connectivity index (χ0v) is 40.7. The smallest absolute Gasteiger partial charge is 0.303 e. The zero-order chi connectivity index (χ0) is 42.0. The van der Waals surface area contributed by atoms with Crippen molar-refractivity contribution in [1.29, 1.82) is 0 Å². The van der Waals surface area contributed by atoms with Crippen molar-refractivity contribution in [2.75, 3.05) is 13.2 Å². The lowest BCUT2D eigenvalue weighted by molar-refractivity contribution is -0.145. The lowest BCUT2D eigenvalue weighted by atomic mass is 9.54. The van der Waals surface area contributed by atoms with Crippen LogP contribution in [0.5, 0.6) is 0 Å². The van der Waals surface area contributed by atoms with Gasteiger partial charge in [0, 0.05) is 26.4 Å². The quantitative estimate of drug-likeness (QED) is 0.0456. The standard InChI is InChI=1S/C48H82O6Si2/c1-35(22-21-31-51-55(13,14)44(4,5)6)39-28-30-47(11)40(25-20-29-46(39,47)10)41(52-37(3)49)27-26-36(2)42(54-56(15,16)45(7,8)9)32-43-48(12,53-43)34-50-33-38-23-18-17-19-24-38/h17-19,23-26,35,39,41-43H,20-22,27-34H2,1-16H3/b36-26+/t35-,39-,41+,42-,43+,46-,47+,48+/m1/s1. The Labute approximate surface area is 345 Å². The lowest BCUT2D eigenvalue weighted by Gasteiger charge is -2.51. The summed E-state index contributed by atoms with van der Waals surface area (Å²) in [6.07, 6.45) is 12.7. The second-order valence-electron chi connectivity index (χ2n) is 21.6. The number of ether oxygens (including phenoxy) is 3. The van der Waals surface area contributed by atoms with Crippen molar-refractivity contribution >= 4 is 22.6 Å². The van der Waals surface area contributed by atoms with Gasteiger partial charge in [0.1, 0.15) is 11.7 Å². The number of esters is 1. The fraction of sp³-hybridized carbons (Fsp3) is 0.771. The molecule has 8 heteroatoms. The van der Waals surface area contributed by atoms with Gasteiger partial charge in [-0.1, -0.05) is 105 Å². The predicted octanol–water partition coefficient (Wildman–Crippen LogP) is 13.0. The van der Waals surface area contributed by atoms with Gasteiger partial charge in [0.25, 0.3) is 0 Å². The molecule has 4 rings (SSSR count). The number of epoxide rings is 1. The van der Waals surface area contributed by atoms with Crippen LogP contribution in [0.2, 0.25) is 36.3 Å². The Morgan fingerprint density at radius 1 is 0.964 bits per heavy atom. The van der Waals surface area contributed by atoms with E-state index in [1.54, 1.807) is 6.92 Å². The molecule has 6 nitrogen and oxygen atoms in total. The number of benzene rings is 1. The summed E-state index contributed by atoms with van der Waals surface area (Å²) < 4.78 is 32.6. The van der Waals surface area contributed by atoms with Crippen LogP contribution in [0.1, 0.15) is 140 Å². The molecule has 0 bridgehead atoms. The molecule has 0 amide bonds. The lowest BCUT2D eigenvalue weighted by Crippen LogP contribution is -2.45. The highest BCUT2D eigenvalue weighted by Gasteiger charge is 2.59. The molecule has 2 fully saturated rings. The minimum absolute atomic E-state index is 0.0237. The molecule has 2 aliphatic carbocycles. The monoisotopic (exact) mass is 811 g/mol. The summed E-state index contributed by atoms with van der Waals surface area (Å²) in [5.74, 6) is 1.03. The Morgan fingerprint density at radius 3 is 2.21 bits per heavy atom. The van der Waals surface area contributed by atoms with Crippen molar-refractivity contribution in [2.24, 2.45) is 22.7 Å². The SMILES string of the molecule is CC(=O)O[C@@H](C/C=C(\C)[C@@H](C[C@@H]1O[C@@]1(C)COCc1ccccc1)O[Si](C)(C)C(C)(C)C)C1=CCC[C@]2(C)[C@@H]([C@H](C)CCCO[Si](C)(C)C(C)(C)C)CC[C@@]12C. The summed E-state index contributed by atoms with van der Waals surface area (Å²) in [4.78, 5) is 12.8. The Kier molecular flexibility index (Phi) is 15.1. The number of rotatable bonds is 19. The maximum absolute atomic E-state index is 12.8. The van der Waals surface area contributed by atoms with E-state index in [0.29, 0.717) is 31.5 Å². The van der Waals surface area contributed by atoms with Crippen molar-refractivity contribution in [3.63, 3.8) is 0 Å². The van der Waals surface area contributed by atoms with Gasteiger partial charge in [-0.3, -0.25) is 4.79 Å². The van der Waals surface area contributed by atoms with Crippen LogP contribution in [0.25, 0.3) is 0 Å². The fourth-order valence-electron chi connectivity index (χ4n) is 9.27. The molecule has 3 aliphatic rings. The summed E-state index contributed by atoms with van der Waals surface area (Å²) >= 11 is 0. The molecule has 8 atom stereocenters. The van der Waals surface area contributed by atoms with Crippen molar-refractivity contribution in [2.45, 2.75) is 201 Å². The van der Waals surface area contributed by atoms with E-state index in [2.05, 4.69) is 127 Å². The van der Waals surface area contributed by atoms with Crippen LogP contribution in [0.3, 0.4) is 0 Å². The molecule has 1 aromatic carbocycles. The van der Waals surface area contributed by atoms with Crippen LogP contribution in [-0.2, 0) is 34.5 Å². The van der Waals surface area contributed by atoms with Crippen molar-refractivity contribution in [3.8, 4) is 0 Å². The van der Waals surface area contributed by atoms with Gasteiger partial charge in [-0.2, -0.15) is 0 Å². The van der Waals surface area contributed by atoms with Crippen LogP contribution >= 0.6 is 0 Å². The van der Waals surface area contributed by atoms with Gasteiger partial charge in [-0.15, -0.1) is 0 Å². The van der Waals surface area contributed by atoms with E-state index < -0.39 is 16.6 Å². The highest BCUT2D eigenvalue weighted by atomic mass is 28.4. The molecule has 1 aliphatic heterocycles. The maximum Gasteiger partial charge on any atom is 0.303 e. The van der Waals surface area contributed by atoms with Gasteiger partial charge in [0.15, 0.2) is 16.6 Å². The second-order valence-corrected chi connectivity index (χ2v) is 31.2. The third-order valence-electron chi connectivity index (χ3n) is 15.5. The topological polar surface area (TPSA) is 66.5 Å². The first-order chi connectivity index (χ1) is 25.8. The molecular formula is C48H82O6Si2. The third kappa shape index (κ3) is 11.0. The molecule has 56 heavy (non-hydrogen) atoms. The van der Waals surface area contributed by atoms with Crippen molar-refractivity contribution in [3.05, 3.63) is 59.2 Å². The highest BCUT2D eigenvalue weighted by molar-refractivity contribution is 6.74. The van der Waals surface area contributed by atoms with E-state index in [-0.39, 0.29) is 50.8 Å². The summed E-state index contributed by atoms with van der Waals surface area (Å²) in [7, 11) is -3.86. The van der Waals surface area contributed by atoms with Gasteiger partial charge in [-0.05, 0) is 128 Å². The third-order valence-corrected chi connectivity index (χ3v) is 24.5. The average Bonchev–Trinajstić information content (AvgIpc) is 3.62. The van der Waals surface area contributed by atoms with E-state index in [4.69, 9.17) is 23.1 Å². The average molecular weight is 811 g/mol. The van der Waals surface area contributed by atoms with Crippen LogP contribution in [-0.4, -0.2) is 59.7 Å². The summed E-state index contributed by atoms with van der Waals surface area (Å²) in [6.45, 7) is 38.7. The number of hydrogen-bond donors (Lipinski definition) is 0. The molecule has 0 spiro atoms. The van der Waals surface area contributed by atoms with Gasteiger partial charge >= 0.3 is 5.97 Å². The minimum Gasteiger partial charge on any atom is -0.458 e. The van der Waals surface area contributed by atoms with Crippen molar-refractivity contribution < 1.29 is 27.9 Å². The van der Waals surface area contributed by atoms with E-state index >= 15 is 0 Å². The van der Waals surface area contributed by atoms with E-state index in [9.17, 15) is 4.79 Å². The first-order valence-corrected chi connectivity index (χ1v) is 27.7. The van der Waals surface area contributed by atoms with Crippen LogP contribution < -0.4 is 0 Å². The molecule has 318 valence electrons. The summed E-state index contributed by atoms with van der Waals surface area (Å²) in [5.41, 5.74) is 3.49. The number of fused-ring (bicyclic) bond motifs is 1. The normalized spacial score (nSPS) is 29.0. The van der Waals surface area contributed by atoms with E-state index in [1.165, 1.54) is 36.0 Å². The Hall–Kier alpha value is -1.56. The van der Waals surface area contributed by atoms with Gasteiger partial charge in [-0.25, -0.2) is 0 Å². The van der Waals surface area contributed by atoms with E-state index in [0.717, 1.165) is 32.3 Å². The van der Waals surface area contributed by atoms with Crippen molar-refractivity contribution in [1.82, 2.24) is 0 Å². The van der Waals surface area contributed by atoms with Gasteiger partial charge in [0.2, 0.25) is 0 Å². The van der Waals surface area contributed by atoms with Crippen LogP contribution in [0.4, 0.5) is 0 Å². The Balaban J connectivity index is 1.48. The molecule has 1 saturated carbocycles. The van der Waals surface area contributed by atoms with E-state index in [1.807, 2.05) is 18.2 Å². The molecule has 1 heterocycles. The fourth-order valence-corrected chi connectivity index (χ4v) is 11.7. The number of carbonyl (C=O) groups is 1. The predicted molar refractivity (Wildman–Crippen MR) is 238 cm³/mol. The molecule has 0 radical (unpaired) electrons. The highest BCUT2D eigenvalue weighted by Crippen LogP contribution is 2.66. The van der Waals surface area contributed by atoms with Gasteiger partial charge < -0.3 is 23.1 Å². The molecular weight excluding hydrogens is 729 g/mol. The number of hydrogen-bond acceptors (Lipinski definition) is 6. The van der Waals surface area contributed by atoms with Gasteiger partial charge in [0.05, 0.1) is 25.4 Å². The Bertz CT molecular complexity index is 1520.